The Hall–Kier alpha value is -4.70. The minimum Gasteiger partial charge on any atom is -0.373 e. The Morgan fingerprint density at radius 1 is 0.838 bits per heavy atom. The molecule has 37 heavy (non-hydrogen) atoms. The molecule has 3 atom stereocenters. The second-order valence-corrected chi connectivity index (χ2v) is 9.32. The molecular formula is C33H28N4. The van der Waals surface area contributed by atoms with Gasteiger partial charge >= 0.3 is 0 Å². The van der Waals surface area contributed by atoms with Gasteiger partial charge in [0.25, 0.3) is 0 Å². The first-order valence-electron chi connectivity index (χ1n) is 12.5. The van der Waals surface area contributed by atoms with Crippen LogP contribution in [-0.2, 0) is 0 Å². The number of rotatable bonds is 6. The van der Waals surface area contributed by atoms with Gasteiger partial charge in [0.05, 0.1) is 17.8 Å². The SMILES string of the molecule is C=CC1C(C=N)c2ccccc2N1c1ccc(C2=CC(c3ccccc3)=CC(c3ccccn3)N2)cc1. The third-order valence-electron chi connectivity index (χ3n) is 7.17. The first-order chi connectivity index (χ1) is 18.3. The molecule has 3 aromatic carbocycles. The molecule has 2 N–H and O–H groups in total. The Bertz CT molecular complexity index is 1490. The summed E-state index contributed by atoms with van der Waals surface area (Å²) in [6.45, 7) is 4.09. The van der Waals surface area contributed by atoms with Gasteiger partial charge in [0.15, 0.2) is 0 Å². The highest BCUT2D eigenvalue weighted by Crippen LogP contribution is 2.45. The summed E-state index contributed by atoms with van der Waals surface area (Å²) in [5.41, 5.74) is 8.88. The van der Waals surface area contributed by atoms with Crippen LogP contribution in [0.4, 0.5) is 11.4 Å². The van der Waals surface area contributed by atoms with E-state index in [1.54, 1.807) is 0 Å². The molecule has 0 saturated carbocycles. The molecule has 6 rings (SSSR count). The largest absolute Gasteiger partial charge is 0.373 e. The maximum Gasteiger partial charge on any atom is 0.0879 e. The molecule has 2 aliphatic rings. The molecule has 0 aliphatic carbocycles. The molecule has 0 saturated heterocycles. The van der Waals surface area contributed by atoms with Gasteiger partial charge in [-0.1, -0.05) is 72.8 Å². The normalized spacial score (nSPS) is 20.3. The number of para-hydroxylation sites is 1. The van der Waals surface area contributed by atoms with Crippen LogP contribution in [-0.4, -0.2) is 17.2 Å². The molecule has 2 aliphatic heterocycles. The fourth-order valence-electron chi connectivity index (χ4n) is 5.38. The zero-order chi connectivity index (χ0) is 25.2. The van der Waals surface area contributed by atoms with Crippen LogP contribution >= 0.6 is 0 Å². The van der Waals surface area contributed by atoms with Gasteiger partial charge < -0.3 is 15.6 Å². The highest BCUT2D eigenvalue weighted by molar-refractivity contribution is 5.87. The van der Waals surface area contributed by atoms with E-state index in [0.717, 1.165) is 28.3 Å². The maximum atomic E-state index is 8.04. The first kappa shape index (κ1) is 22.7. The smallest absolute Gasteiger partial charge is 0.0879 e. The van der Waals surface area contributed by atoms with E-state index in [2.05, 4.69) is 107 Å². The van der Waals surface area contributed by atoms with Crippen LogP contribution in [0.25, 0.3) is 11.3 Å². The lowest BCUT2D eigenvalue weighted by Crippen LogP contribution is -2.28. The predicted octanol–water partition coefficient (Wildman–Crippen LogP) is 7.29. The summed E-state index contributed by atoms with van der Waals surface area (Å²) in [4.78, 5) is 6.90. The third-order valence-corrected chi connectivity index (χ3v) is 7.17. The number of dihydropyridines is 1. The van der Waals surface area contributed by atoms with Crippen molar-refractivity contribution in [2.75, 3.05) is 4.90 Å². The molecule has 4 aromatic rings. The van der Waals surface area contributed by atoms with Gasteiger partial charge in [0, 0.05) is 35.4 Å². The van der Waals surface area contributed by atoms with E-state index >= 15 is 0 Å². The van der Waals surface area contributed by atoms with Crippen molar-refractivity contribution in [3.63, 3.8) is 0 Å². The van der Waals surface area contributed by atoms with E-state index in [-0.39, 0.29) is 18.0 Å². The number of allylic oxidation sites excluding steroid dienone is 2. The second kappa shape index (κ2) is 9.75. The van der Waals surface area contributed by atoms with Crippen LogP contribution in [0.1, 0.15) is 34.3 Å². The van der Waals surface area contributed by atoms with Crippen molar-refractivity contribution in [2.24, 2.45) is 0 Å². The standard InChI is InChI=1S/C33H28N4/c1-2-32-28(22-34)27-12-6-7-14-33(27)37(32)26-17-15-24(16-18-26)30-20-25(23-10-4-3-5-11-23)21-31(36-30)29-13-8-9-19-35-29/h2-22,28,31-32,34,36H,1H2. The highest BCUT2D eigenvalue weighted by Gasteiger charge is 2.36. The molecule has 0 amide bonds. The Morgan fingerprint density at radius 3 is 2.32 bits per heavy atom. The number of anilines is 2. The van der Waals surface area contributed by atoms with Gasteiger partial charge in [-0.3, -0.25) is 4.98 Å². The van der Waals surface area contributed by atoms with Crippen LogP contribution < -0.4 is 10.2 Å². The lowest BCUT2D eigenvalue weighted by atomic mass is 9.95. The number of hydrogen-bond acceptors (Lipinski definition) is 4. The van der Waals surface area contributed by atoms with Crippen molar-refractivity contribution in [2.45, 2.75) is 18.0 Å². The fraction of sp³-hybridized carbons (Fsp3) is 0.0909. The molecular weight excluding hydrogens is 452 g/mol. The highest BCUT2D eigenvalue weighted by atomic mass is 15.2. The lowest BCUT2D eigenvalue weighted by molar-refractivity contribution is 0.739. The minimum absolute atomic E-state index is 0.00575. The van der Waals surface area contributed by atoms with E-state index in [0.29, 0.717) is 0 Å². The summed E-state index contributed by atoms with van der Waals surface area (Å²) in [7, 11) is 0. The maximum absolute atomic E-state index is 8.04. The van der Waals surface area contributed by atoms with Gasteiger partial charge in [-0.05, 0) is 64.7 Å². The second-order valence-electron chi connectivity index (χ2n) is 9.32. The van der Waals surface area contributed by atoms with Gasteiger partial charge in [0.2, 0.25) is 0 Å². The molecule has 180 valence electrons. The Kier molecular flexibility index (Phi) is 5.99. The Morgan fingerprint density at radius 2 is 1.59 bits per heavy atom. The van der Waals surface area contributed by atoms with Gasteiger partial charge in [-0.25, -0.2) is 0 Å². The number of aromatic nitrogens is 1. The zero-order valence-electron chi connectivity index (χ0n) is 20.5. The van der Waals surface area contributed by atoms with Crippen molar-refractivity contribution in [3.8, 4) is 0 Å². The summed E-state index contributed by atoms with van der Waals surface area (Å²) >= 11 is 0. The monoisotopic (exact) mass is 480 g/mol. The molecule has 0 fully saturated rings. The van der Waals surface area contributed by atoms with E-state index < -0.39 is 0 Å². The van der Waals surface area contributed by atoms with Gasteiger partial charge in [-0.2, -0.15) is 0 Å². The predicted molar refractivity (Wildman–Crippen MR) is 153 cm³/mol. The molecule has 4 nitrogen and oxygen atoms in total. The third kappa shape index (κ3) is 4.17. The van der Waals surface area contributed by atoms with Crippen molar-refractivity contribution in [1.82, 2.24) is 10.3 Å². The summed E-state index contributed by atoms with van der Waals surface area (Å²) in [6, 6.07) is 33.5. The number of hydrogen-bond donors (Lipinski definition) is 2. The number of fused-ring (bicyclic) bond motifs is 1. The average Bonchev–Trinajstić information content (AvgIpc) is 3.31. The van der Waals surface area contributed by atoms with E-state index in [1.807, 2.05) is 36.5 Å². The van der Waals surface area contributed by atoms with E-state index in [4.69, 9.17) is 5.41 Å². The van der Waals surface area contributed by atoms with Crippen LogP contribution in [0.5, 0.6) is 0 Å². The van der Waals surface area contributed by atoms with E-state index in [1.165, 1.54) is 22.9 Å². The van der Waals surface area contributed by atoms with Crippen molar-refractivity contribution >= 4 is 28.9 Å². The Balaban J connectivity index is 1.36. The van der Waals surface area contributed by atoms with Gasteiger partial charge in [0.1, 0.15) is 0 Å². The number of pyridine rings is 1. The number of nitrogens with zero attached hydrogens (tertiary/aromatic N) is 2. The van der Waals surface area contributed by atoms with Crippen molar-refractivity contribution < 1.29 is 0 Å². The lowest BCUT2D eigenvalue weighted by Gasteiger charge is -2.28. The van der Waals surface area contributed by atoms with Crippen LogP contribution in [0.15, 0.2) is 128 Å². The van der Waals surface area contributed by atoms with Crippen LogP contribution in [0.3, 0.4) is 0 Å². The minimum atomic E-state index is -0.0277. The fourth-order valence-corrected chi connectivity index (χ4v) is 5.38. The van der Waals surface area contributed by atoms with E-state index in [9.17, 15) is 0 Å². The summed E-state index contributed by atoms with van der Waals surface area (Å²) in [5.74, 6) is -0.00575. The summed E-state index contributed by atoms with van der Waals surface area (Å²) < 4.78 is 0. The molecule has 3 unspecified atom stereocenters. The molecule has 4 heteroatoms. The molecule has 0 radical (unpaired) electrons. The summed E-state index contributed by atoms with van der Waals surface area (Å²) in [6.07, 6.45) is 9.77. The molecule has 0 bridgehead atoms. The van der Waals surface area contributed by atoms with Gasteiger partial charge in [-0.15, -0.1) is 6.58 Å². The van der Waals surface area contributed by atoms with Crippen LogP contribution in [0, 0.1) is 5.41 Å². The molecule has 1 aromatic heterocycles. The first-order valence-corrected chi connectivity index (χ1v) is 12.5. The zero-order valence-corrected chi connectivity index (χ0v) is 20.5. The Labute approximate surface area is 217 Å². The van der Waals surface area contributed by atoms with Crippen molar-refractivity contribution in [3.05, 3.63) is 150 Å². The van der Waals surface area contributed by atoms with Crippen LogP contribution in [0.2, 0.25) is 0 Å². The number of benzene rings is 3. The number of nitrogens with one attached hydrogen (secondary N) is 2. The molecule has 3 heterocycles. The van der Waals surface area contributed by atoms with Crippen molar-refractivity contribution in [1.29, 1.82) is 5.41 Å². The molecule has 0 spiro atoms. The quantitative estimate of drug-likeness (QED) is 0.225. The average molecular weight is 481 g/mol. The topological polar surface area (TPSA) is 52.0 Å². The summed E-state index contributed by atoms with van der Waals surface area (Å²) in [5, 5.41) is 11.7.